The number of pyridine rings is 2. The molecule has 0 bridgehead atoms. The number of rotatable bonds is 8. The first-order valence-electron chi connectivity index (χ1n) is 13.9. The van der Waals surface area contributed by atoms with E-state index in [1.807, 2.05) is 37.3 Å². The van der Waals surface area contributed by atoms with Crippen LogP contribution in [0.3, 0.4) is 0 Å². The average Bonchev–Trinajstić information content (AvgIpc) is 3.41. The zero-order valence-electron chi connectivity index (χ0n) is 23.8. The van der Waals surface area contributed by atoms with E-state index in [9.17, 15) is 13.2 Å². The normalized spacial score (nSPS) is 14.7. The smallest absolute Gasteiger partial charge is 0.269 e. The lowest BCUT2D eigenvalue weighted by molar-refractivity contribution is 0.122. The van der Waals surface area contributed by atoms with E-state index in [-0.39, 0.29) is 22.7 Å². The van der Waals surface area contributed by atoms with Gasteiger partial charge in [0.1, 0.15) is 0 Å². The molecular weight excluding hydrogens is 588 g/mol. The van der Waals surface area contributed by atoms with Crippen LogP contribution in [0.4, 0.5) is 5.69 Å². The number of fused-ring (bicyclic) bond motifs is 1. The van der Waals surface area contributed by atoms with Crippen LogP contribution in [0.15, 0.2) is 95.0 Å². The van der Waals surface area contributed by atoms with Crippen molar-refractivity contribution in [3.63, 3.8) is 0 Å². The molecule has 2 aromatic carbocycles. The number of halogens is 1. The number of hydrogen-bond donors (Lipinski definition) is 0. The largest absolute Gasteiger partial charge is 0.382 e. The summed E-state index contributed by atoms with van der Waals surface area (Å²) in [6.45, 7) is 4.76. The molecule has 0 amide bonds. The van der Waals surface area contributed by atoms with E-state index in [1.165, 1.54) is 10.0 Å². The van der Waals surface area contributed by atoms with E-state index < -0.39 is 16.1 Å². The predicted octanol–water partition coefficient (Wildman–Crippen LogP) is 5.14. The quantitative estimate of drug-likeness (QED) is 0.238. The monoisotopic (exact) mass is 618 g/mol. The molecule has 1 aliphatic heterocycles. The molecule has 11 heteroatoms. The highest BCUT2D eigenvalue weighted by Crippen LogP contribution is 2.34. The highest BCUT2D eigenvalue weighted by Gasteiger charge is 2.25. The Balaban J connectivity index is 1.50. The van der Waals surface area contributed by atoms with Gasteiger partial charge in [-0.05, 0) is 54.4 Å². The second-order valence-electron chi connectivity index (χ2n) is 10.5. The summed E-state index contributed by atoms with van der Waals surface area (Å²) in [6.07, 6.45) is 4.95. The van der Waals surface area contributed by atoms with Crippen molar-refractivity contribution in [3.05, 3.63) is 112 Å². The third-order valence-corrected chi connectivity index (χ3v) is 9.60. The maximum atomic E-state index is 13.9. The van der Waals surface area contributed by atoms with E-state index in [2.05, 4.69) is 9.88 Å². The molecular formula is C32H31ClN4O5S. The zero-order valence-corrected chi connectivity index (χ0v) is 25.4. The van der Waals surface area contributed by atoms with Crippen LogP contribution in [0.5, 0.6) is 0 Å². The standard InChI is InChI=1S/C32H31ClN4O5S/c1-22-6-8-27(9-7-22)43(39,40)37-20-29(28-18-26(19-34-32(28)37)35-12-14-42-15-13-35)23-10-11-36(31(38)17-23)30(21-41-2)24-4-3-5-25(33)16-24/h3-11,16-20,30H,12-15,21H2,1-2H3. The Kier molecular flexibility index (Phi) is 8.11. The summed E-state index contributed by atoms with van der Waals surface area (Å²) < 4.78 is 41.5. The Labute approximate surface area is 254 Å². The molecule has 3 aromatic heterocycles. The number of anilines is 1. The second kappa shape index (κ2) is 12.0. The van der Waals surface area contributed by atoms with Crippen molar-refractivity contribution in [2.75, 3.05) is 44.9 Å². The Bertz CT molecular complexity index is 1950. The number of nitrogens with zero attached hydrogens (tertiary/aromatic N) is 4. The molecule has 222 valence electrons. The molecule has 1 atom stereocenters. The number of methoxy groups -OCH3 is 1. The lowest BCUT2D eigenvalue weighted by Gasteiger charge is -2.28. The van der Waals surface area contributed by atoms with Crippen LogP contribution in [0.1, 0.15) is 17.2 Å². The summed E-state index contributed by atoms with van der Waals surface area (Å²) in [7, 11) is -2.40. The van der Waals surface area contributed by atoms with E-state index in [0.29, 0.717) is 47.8 Å². The van der Waals surface area contributed by atoms with Crippen LogP contribution in [-0.2, 0) is 19.5 Å². The van der Waals surface area contributed by atoms with Crippen molar-refractivity contribution >= 4 is 38.3 Å². The molecule has 1 saturated heterocycles. The van der Waals surface area contributed by atoms with Crippen molar-refractivity contribution < 1.29 is 17.9 Å². The lowest BCUT2D eigenvalue weighted by atomic mass is 10.0. The number of morpholine rings is 1. The molecule has 9 nitrogen and oxygen atoms in total. The number of aromatic nitrogens is 3. The number of hydrogen-bond acceptors (Lipinski definition) is 7. The van der Waals surface area contributed by atoms with Gasteiger partial charge in [-0.1, -0.05) is 41.4 Å². The third kappa shape index (κ3) is 5.71. The van der Waals surface area contributed by atoms with Crippen LogP contribution >= 0.6 is 11.6 Å². The number of aryl methyl sites for hydroxylation is 1. The maximum Gasteiger partial charge on any atom is 0.269 e. The molecule has 0 radical (unpaired) electrons. The van der Waals surface area contributed by atoms with Gasteiger partial charge in [0.15, 0.2) is 5.65 Å². The van der Waals surface area contributed by atoms with Crippen molar-refractivity contribution in [3.8, 4) is 11.1 Å². The Hall–Kier alpha value is -3.96. The van der Waals surface area contributed by atoms with Crippen LogP contribution in [0, 0.1) is 6.92 Å². The Morgan fingerprint density at radius 3 is 2.51 bits per heavy atom. The van der Waals surface area contributed by atoms with Crippen molar-refractivity contribution in [1.82, 2.24) is 13.5 Å². The highest BCUT2D eigenvalue weighted by molar-refractivity contribution is 7.90. The van der Waals surface area contributed by atoms with Gasteiger partial charge in [0.05, 0.1) is 42.6 Å². The van der Waals surface area contributed by atoms with Crippen LogP contribution in [0.25, 0.3) is 22.2 Å². The summed E-state index contributed by atoms with van der Waals surface area (Å²) in [5.41, 5.74) is 3.83. The Morgan fingerprint density at radius 1 is 1.05 bits per heavy atom. The van der Waals surface area contributed by atoms with Gasteiger partial charge in [0, 0.05) is 54.6 Å². The molecule has 6 rings (SSSR count). The molecule has 0 saturated carbocycles. The predicted molar refractivity (Wildman–Crippen MR) is 168 cm³/mol. The Morgan fingerprint density at radius 2 is 1.81 bits per heavy atom. The molecule has 4 heterocycles. The van der Waals surface area contributed by atoms with Crippen molar-refractivity contribution in [2.45, 2.75) is 17.9 Å². The number of ether oxygens (including phenoxy) is 2. The zero-order chi connectivity index (χ0) is 30.1. The fourth-order valence-corrected chi connectivity index (χ4v) is 6.95. The minimum atomic E-state index is -3.98. The van der Waals surface area contributed by atoms with Crippen LogP contribution in [-0.4, -0.2) is 62.0 Å². The fourth-order valence-electron chi connectivity index (χ4n) is 5.42. The van der Waals surface area contributed by atoms with Gasteiger partial charge in [0.25, 0.3) is 15.6 Å². The minimum Gasteiger partial charge on any atom is -0.382 e. The third-order valence-electron chi connectivity index (χ3n) is 7.70. The molecule has 0 aliphatic carbocycles. The van der Waals surface area contributed by atoms with E-state index in [0.717, 1.165) is 16.8 Å². The van der Waals surface area contributed by atoms with Gasteiger partial charge in [-0.15, -0.1) is 0 Å². The van der Waals surface area contributed by atoms with Gasteiger partial charge < -0.3 is 18.9 Å². The van der Waals surface area contributed by atoms with Gasteiger partial charge in [-0.25, -0.2) is 17.4 Å². The first kappa shape index (κ1) is 29.1. The first-order valence-corrected chi connectivity index (χ1v) is 15.7. The molecule has 1 aliphatic rings. The molecule has 0 N–H and O–H groups in total. The summed E-state index contributed by atoms with van der Waals surface area (Å²) >= 11 is 6.24. The van der Waals surface area contributed by atoms with Gasteiger partial charge >= 0.3 is 0 Å². The van der Waals surface area contributed by atoms with Gasteiger partial charge in [-0.3, -0.25) is 4.79 Å². The van der Waals surface area contributed by atoms with Crippen molar-refractivity contribution in [1.29, 1.82) is 0 Å². The fraction of sp³-hybridized carbons (Fsp3) is 0.250. The molecule has 43 heavy (non-hydrogen) atoms. The van der Waals surface area contributed by atoms with Gasteiger partial charge in [-0.2, -0.15) is 0 Å². The first-order chi connectivity index (χ1) is 20.8. The second-order valence-corrected chi connectivity index (χ2v) is 12.8. The summed E-state index contributed by atoms with van der Waals surface area (Å²) in [6, 6.07) is 18.9. The maximum absolute atomic E-state index is 13.9. The van der Waals surface area contributed by atoms with E-state index >= 15 is 0 Å². The van der Waals surface area contributed by atoms with Crippen LogP contribution < -0.4 is 10.5 Å². The number of benzene rings is 2. The minimum absolute atomic E-state index is 0.153. The van der Waals surface area contributed by atoms with Gasteiger partial charge in [0.2, 0.25) is 0 Å². The SMILES string of the molecule is COCC(c1cccc(Cl)c1)n1ccc(-c2cn(S(=O)(=O)c3ccc(C)cc3)c3ncc(N4CCOCC4)cc23)cc1=O. The topological polar surface area (TPSA) is 95.7 Å². The molecule has 5 aromatic rings. The average molecular weight is 619 g/mol. The summed E-state index contributed by atoms with van der Waals surface area (Å²) in [5.74, 6) is 0. The molecule has 1 fully saturated rings. The molecule has 1 unspecified atom stereocenters. The van der Waals surface area contributed by atoms with Crippen molar-refractivity contribution in [2.24, 2.45) is 0 Å². The summed E-state index contributed by atoms with van der Waals surface area (Å²) in [5, 5.41) is 1.19. The van der Waals surface area contributed by atoms with E-state index in [1.54, 1.807) is 60.6 Å². The lowest BCUT2D eigenvalue weighted by Crippen LogP contribution is -2.36. The van der Waals surface area contributed by atoms with E-state index in [4.69, 9.17) is 21.1 Å². The van der Waals surface area contributed by atoms with Crippen LogP contribution in [0.2, 0.25) is 5.02 Å². The summed E-state index contributed by atoms with van der Waals surface area (Å²) in [4.78, 5) is 20.6. The molecule has 0 spiro atoms. The highest BCUT2D eigenvalue weighted by atomic mass is 35.5.